The minimum absolute atomic E-state index is 0.107. The van der Waals surface area contributed by atoms with Gasteiger partial charge in [0.05, 0.1) is 30.2 Å². The van der Waals surface area contributed by atoms with Gasteiger partial charge in [0, 0.05) is 40.5 Å². The summed E-state index contributed by atoms with van der Waals surface area (Å²) in [4.78, 5) is 45.8. The maximum Gasteiger partial charge on any atom is 0.411 e. The van der Waals surface area contributed by atoms with E-state index < -0.39 is 12.1 Å². The highest BCUT2D eigenvalue weighted by Gasteiger charge is 2.22. The van der Waals surface area contributed by atoms with Crippen LogP contribution in [-0.4, -0.2) is 55.2 Å². The molecule has 1 aliphatic rings. The monoisotopic (exact) mass is 603 g/mol. The second kappa shape index (κ2) is 13.3. The Hall–Kier alpha value is -5.04. The second-order valence-corrected chi connectivity index (χ2v) is 10.6. The molecule has 2 unspecified atom stereocenters. The quantitative estimate of drug-likeness (QED) is 0.233. The Morgan fingerprint density at radius 1 is 1.19 bits per heavy atom. The molecule has 2 aromatic carbocycles. The summed E-state index contributed by atoms with van der Waals surface area (Å²) in [6.07, 6.45) is 8.11. The Morgan fingerprint density at radius 3 is 2.84 bits per heavy atom. The third kappa shape index (κ3) is 7.43. The van der Waals surface area contributed by atoms with Crippen LogP contribution in [0.5, 0.6) is 0 Å². The van der Waals surface area contributed by atoms with E-state index in [9.17, 15) is 14.4 Å². The Balaban J connectivity index is 1.41. The predicted octanol–water partition coefficient (Wildman–Crippen LogP) is 4.90. The van der Waals surface area contributed by atoms with Crippen molar-refractivity contribution in [3.05, 3.63) is 71.4 Å². The van der Waals surface area contributed by atoms with Crippen molar-refractivity contribution in [2.75, 3.05) is 17.7 Å². The van der Waals surface area contributed by atoms with Crippen molar-refractivity contribution >= 4 is 47.0 Å². The minimum atomic E-state index is -0.624. The fourth-order valence-electron chi connectivity index (χ4n) is 4.86. The predicted molar refractivity (Wildman–Crippen MR) is 160 cm³/mol. The molecule has 4 N–H and O–H groups in total. The molecule has 0 fully saturated rings. The van der Waals surface area contributed by atoms with Crippen molar-refractivity contribution in [1.29, 1.82) is 0 Å². The average molecular weight is 604 g/mol. The van der Waals surface area contributed by atoms with E-state index in [1.165, 1.54) is 24.2 Å². The van der Waals surface area contributed by atoms with E-state index in [1.807, 2.05) is 6.92 Å². The molecule has 14 heteroatoms. The maximum absolute atomic E-state index is 13.2. The summed E-state index contributed by atoms with van der Waals surface area (Å²) >= 11 is 6.21. The Labute approximate surface area is 252 Å². The molecular weight excluding hydrogens is 574 g/mol. The number of aromatic amines is 1. The normalized spacial score (nSPS) is 17.1. The van der Waals surface area contributed by atoms with E-state index in [4.69, 9.17) is 16.6 Å². The first-order valence-corrected chi connectivity index (χ1v) is 14.0. The third-order valence-electron chi connectivity index (χ3n) is 6.97. The summed E-state index contributed by atoms with van der Waals surface area (Å²) in [5.74, 6) is 0.222. The summed E-state index contributed by atoms with van der Waals surface area (Å²) in [5, 5.41) is 20.4. The van der Waals surface area contributed by atoms with Gasteiger partial charge in [0.25, 0.3) is 0 Å². The average Bonchev–Trinajstić information content (AvgIpc) is 3.68. The lowest BCUT2D eigenvalue weighted by Crippen LogP contribution is -2.28. The first kappa shape index (κ1) is 29.5. The van der Waals surface area contributed by atoms with Crippen LogP contribution in [0.2, 0.25) is 5.02 Å². The maximum atomic E-state index is 13.2. The SMILES string of the molecule is COC(=O)Nc1ccc2c(c1)NC(=O)CC(C)CCCC(NC(=O)C=Cc1cc(Cl)ccc1-n1cnnn1)c1nc-2c[nH]1. The van der Waals surface area contributed by atoms with E-state index in [1.54, 1.807) is 48.7 Å². The number of rotatable bonds is 5. The number of anilines is 2. The van der Waals surface area contributed by atoms with Gasteiger partial charge in [0.15, 0.2) is 0 Å². The van der Waals surface area contributed by atoms with Gasteiger partial charge in [0.1, 0.15) is 12.2 Å². The number of hydrogen-bond donors (Lipinski definition) is 4. The van der Waals surface area contributed by atoms with Crippen LogP contribution >= 0.6 is 11.6 Å². The molecule has 0 saturated heterocycles. The van der Waals surface area contributed by atoms with Gasteiger partial charge in [-0.1, -0.05) is 31.4 Å². The number of fused-ring (bicyclic) bond motifs is 4. The standard InChI is InChI=1S/C29H30ClN9O4/c1-17-4-3-5-22(34-26(40)11-6-18-13-19(30)7-10-25(18)39-16-32-37-38-39)28-31-15-24(36-28)21-9-8-20(33-29(42)43-2)14-23(21)35-27(41)12-17/h6-11,13-17,22H,3-5,12H2,1-2H3,(H,31,36)(H,33,42)(H,34,40)(H,35,41). The number of carbonyl (C=O) groups excluding carboxylic acids is 3. The van der Waals surface area contributed by atoms with Gasteiger partial charge in [-0.2, -0.15) is 4.68 Å². The minimum Gasteiger partial charge on any atom is -0.453 e. The summed E-state index contributed by atoms with van der Waals surface area (Å²) in [6.45, 7) is 2.02. The number of imidazole rings is 1. The molecule has 0 spiro atoms. The van der Waals surface area contributed by atoms with Gasteiger partial charge in [-0.05, 0) is 65.2 Å². The van der Waals surface area contributed by atoms with Crippen LogP contribution in [0.15, 0.2) is 55.0 Å². The first-order valence-electron chi connectivity index (χ1n) is 13.6. The molecule has 43 heavy (non-hydrogen) atoms. The van der Waals surface area contributed by atoms with E-state index in [2.05, 4.69) is 41.2 Å². The highest BCUT2D eigenvalue weighted by atomic mass is 35.5. The molecule has 3 amide bonds. The van der Waals surface area contributed by atoms with Gasteiger partial charge in [-0.3, -0.25) is 14.9 Å². The molecule has 0 radical (unpaired) electrons. The van der Waals surface area contributed by atoms with E-state index in [0.717, 1.165) is 12.8 Å². The number of benzene rings is 2. The van der Waals surface area contributed by atoms with Crippen molar-refractivity contribution in [2.24, 2.45) is 5.92 Å². The number of H-pyrrole nitrogens is 1. The Morgan fingerprint density at radius 2 is 2.05 bits per heavy atom. The lowest BCUT2D eigenvalue weighted by molar-refractivity contribution is -0.117. The molecule has 0 aliphatic carbocycles. The Kier molecular flexibility index (Phi) is 9.11. The number of nitrogens with zero attached hydrogens (tertiary/aromatic N) is 5. The van der Waals surface area contributed by atoms with Crippen LogP contribution in [-0.2, 0) is 14.3 Å². The highest BCUT2D eigenvalue weighted by molar-refractivity contribution is 6.30. The topological polar surface area (TPSA) is 169 Å². The van der Waals surface area contributed by atoms with Crippen molar-refractivity contribution in [3.8, 4) is 16.9 Å². The van der Waals surface area contributed by atoms with E-state index in [-0.39, 0.29) is 17.7 Å². The van der Waals surface area contributed by atoms with Crippen LogP contribution in [0.3, 0.4) is 0 Å². The lowest BCUT2D eigenvalue weighted by Gasteiger charge is -2.17. The number of tetrazole rings is 1. The van der Waals surface area contributed by atoms with Crippen LogP contribution < -0.4 is 16.0 Å². The number of methoxy groups -OCH3 is 1. The van der Waals surface area contributed by atoms with Gasteiger partial charge in [-0.25, -0.2) is 9.78 Å². The number of amides is 3. The number of carbonyl (C=O) groups is 3. The summed E-state index contributed by atoms with van der Waals surface area (Å²) in [7, 11) is 1.27. The van der Waals surface area contributed by atoms with Crippen LogP contribution in [0, 0.1) is 5.92 Å². The molecule has 2 aromatic heterocycles. The third-order valence-corrected chi connectivity index (χ3v) is 7.20. The van der Waals surface area contributed by atoms with Gasteiger partial charge >= 0.3 is 6.09 Å². The van der Waals surface area contributed by atoms with Gasteiger partial charge in [-0.15, -0.1) is 5.10 Å². The molecule has 13 nitrogen and oxygen atoms in total. The van der Waals surface area contributed by atoms with E-state index >= 15 is 0 Å². The van der Waals surface area contributed by atoms with Crippen molar-refractivity contribution in [2.45, 2.75) is 38.6 Å². The molecule has 5 rings (SSSR count). The van der Waals surface area contributed by atoms with Gasteiger partial charge < -0.3 is 20.4 Å². The lowest BCUT2D eigenvalue weighted by atomic mass is 9.98. The summed E-state index contributed by atoms with van der Waals surface area (Å²) in [6, 6.07) is 9.91. The zero-order chi connectivity index (χ0) is 30.3. The first-order chi connectivity index (χ1) is 20.8. The molecule has 222 valence electrons. The number of nitrogens with one attached hydrogen (secondary N) is 4. The number of ether oxygens (including phenoxy) is 1. The number of hydrogen-bond acceptors (Lipinski definition) is 8. The zero-order valence-electron chi connectivity index (χ0n) is 23.5. The van der Waals surface area contributed by atoms with E-state index in [0.29, 0.717) is 57.6 Å². The fourth-order valence-corrected chi connectivity index (χ4v) is 5.04. The summed E-state index contributed by atoms with van der Waals surface area (Å²) < 4.78 is 6.17. The number of halogens is 1. The van der Waals surface area contributed by atoms with Crippen LogP contribution in [0.25, 0.3) is 23.0 Å². The second-order valence-electron chi connectivity index (χ2n) is 10.2. The van der Waals surface area contributed by atoms with Crippen molar-refractivity contribution in [1.82, 2.24) is 35.5 Å². The molecule has 0 saturated carbocycles. The van der Waals surface area contributed by atoms with Crippen LogP contribution in [0.4, 0.5) is 16.2 Å². The Bertz CT molecular complexity index is 1650. The summed E-state index contributed by atoms with van der Waals surface area (Å²) in [5.41, 5.74) is 3.50. The highest BCUT2D eigenvalue weighted by Crippen LogP contribution is 2.32. The molecule has 4 aromatic rings. The van der Waals surface area contributed by atoms with Crippen molar-refractivity contribution in [3.63, 3.8) is 0 Å². The zero-order valence-corrected chi connectivity index (χ0v) is 24.3. The largest absolute Gasteiger partial charge is 0.453 e. The van der Waals surface area contributed by atoms with Crippen LogP contribution in [0.1, 0.15) is 50.0 Å². The number of aromatic nitrogens is 6. The molecule has 2 atom stereocenters. The molecule has 2 bridgehead atoms. The molecule has 3 heterocycles. The fraction of sp³-hybridized carbons (Fsp3) is 0.276. The molecule has 1 aliphatic heterocycles. The van der Waals surface area contributed by atoms with Crippen molar-refractivity contribution < 1.29 is 19.1 Å². The van der Waals surface area contributed by atoms with Gasteiger partial charge in [0.2, 0.25) is 11.8 Å². The molecular formula is C29H30ClN9O4. The smallest absolute Gasteiger partial charge is 0.411 e.